The van der Waals surface area contributed by atoms with Crippen molar-refractivity contribution >= 4 is 23.2 Å². The van der Waals surface area contributed by atoms with Crippen molar-refractivity contribution in [3.05, 3.63) is 28.2 Å². The Hall–Kier alpha value is -0.520. The standard InChI is InChI=1S/C15H21Cl2NO3/c16-11-3-4-15(14(17)8-11)21-10-12(19)9-18-6-5-13-2-1-7-20-13/h3-4,8,12-13,18-19H,1-2,5-7,9-10H2. The van der Waals surface area contributed by atoms with Crippen molar-refractivity contribution in [1.82, 2.24) is 5.32 Å². The average Bonchev–Trinajstić information content (AvgIpc) is 2.96. The number of rotatable bonds is 8. The quantitative estimate of drug-likeness (QED) is 0.718. The van der Waals surface area contributed by atoms with Gasteiger partial charge in [0.25, 0.3) is 0 Å². The zero-order valence-corrected chi connectivity index (χ0v) is 13.4. The molecule has 1 aromatic carbocycles. The molecule has 1 saturated heterocycles. The van der Waals surface area contributed by atoms with Crippen LogP contribution in [0.4, 0.5) is 0 Å². The summed E-state index contributed by atoms with van der Waals surface area (Å²) in [5, 5.41) is 14.1. The zero-order chi connectivity index (χ0) is 15.1. The Labute approximate surface area is 135 Å². The molecule has 4 nitrogen and oxygen atoms in total. The number of aliphatic hydroxyl groups excluding tert-OH is 1. The second kappa shape index (κ2) is 8.81. The Morgan fingerprint density at radius 1 is 1.43 bits per heavy atom. The van der Waals surface area contributed by atoms with E-state index < -0.39 is 6.10 Å². The molecule has 118 valence electrons. The van der Waals surface area contributed by atoms with Crippen LogP contribution in [0.2, 0.25) is 10.0 Å². The van der Waals surface area contributed by atoms with E-state index in [1.165, 1.54) is 0 Å². The molecular formula is C15H21Cl2NO3. The minimum atomic E-state index is -0.582. The Kier molecular flexibility index (Phi) is 7.07. The molecule has 2 atom stereocenters. The third-order valence-electron chi connectivity index (χ3n) is 3.37. The van der Waals surface area contributed by atoms with Crippen LogP contribution in [0, 0.1) is 0 Å². The second-order valence-corrected chi connectivity index (χ2v) is 6.01. The number of hydrogen-bond acceptors (Lipinski definition) is 4. The molecule has 1 fully saturated rings. The van der Waals surface area contributed by atoms with Gasteiger partial charge in [0.05, 0.1) is 11.1 Å². The Morgan fingerprint density at radius 3 is 3.00 bits per heavy atom. The maximum Gasteiger partial charge on any atom is 0.138 e. The molecule has 1 aromatic rings. The third-order valence-corrected chi connectivity index (χ3v) is 3.90. The molecule has 0 aliphatic carbocycles. The first kappa shape index (κ1) is 16.8. The number of aliphatic hydroxyl groups is 1. The van der Waals surface area contributed by atoms with Crippen molar-refractivity contribution in [3.8, 4) is 5.75 Å². The number of halogens is 2. The summed E-state index contributed by atoms with van der Waals surface area (Å²) in [6, 6.07) is 5.02. The van der Waals surface area contributed by atoms with E-state index in [0.717, 1.165) is 32.4 Å². The van der Waals surface area contributed by atoms with E-state index in [2.05, 4.69) is 5.32 Å². The van der Waals surface area contributed by atoms with Gasteiger partial charge in [-0.2, -0.15) is 0 Å². The van der Waals surface area contributed by atoms with E-state index in [4.69, 9.17) is 32.7 Å². The first-order valence-corrected chi connectivity index (χ1v) is 7.99. The van der Waals surface area contributed by atoms with Crippen LogP contribution in [-0.2, 0) is 4.74 Å². The summed E-state index contributed by atoms with van der Waals surface area (Å²) in [5.41, 5.74) is 0. The predicted octanol–water partition coefficient (Wildman–Crippen LogP) is 2.89. The minimum absolute atomic E-state index is 0.189. The van der Waals surface area contributed by atoms with Crippen LogP contribution < -0.4 is 10.1 Å². The molecule has 21 heavy (non-hydrogen) atoms. The van der Waals surface area contributed by atoms with Gasteiger partial charge in [-0.25, -0.2) is 0 Å². The van der Waals surface area contributed by atoms with E-state index in [1.54, 1.807) is 18.2 Å². The van der Waals surface area contributed by atoms with Crippen LogP contribution in [0.15, 0.2) is 18.2 Å². The van der Waals surface area contributed by atoms with Gasteiger partial charge in [-0.1, -0.05) is 23.2 Å². The molecule has 6 heteroatoms. The van der Waals surface area contributed by atoms with Gasteiger partial charge in [0.1, 0.15) is 18.5 Å². The molecular weight excluding hydrogens is 313 g/mol. The fourth-order valence-electron chi connectivity index (χ4n) is 2.24. The Bertz CT molecular complexity index is 439. The summed E-state index contributed by atoms with van der Waals surface area (Å²) in [5.74, 6) is 0.527. The van der Waals surface area contributed by atoms with Crippen molar-refractivity contribution < 1.29 is 14.6 Å². The molecule has 2 unspecified atom stereocenters. The summed E-state index contributed by atoms with van der Waals surface area (Å²) in [6.45, 7) is 2.39. The summed E-state index contributed by atoms with van der Waals surface area (Å²) >= 11 is 11.8. The summed E-state index contributed by atoms with van der Waals surface area (Å²) in [7, 11) is 0. The molecule has 0 saturated carbocycles. The summed E-state index contributed by atoms with van der Waals surface area (Å²) in [6.07, 6.45) is 3.07. The molecule has 0 amide bonds. The first-order chi connectivity index (χ1) is 10.1. The van der Waals surface area contributed by atoms with Gasteiger partial charge in [0.15, 0.2) is 0 Å². The maximum atomic E-state index is 9.86. The smallest absolute Gasteiger partial charge is 0.138 e. The molecule has 1 heterocycles. The molecule has 1 aliphatic rings. The van der Waals surface area contributed by atoms with Crippen molar-refractivity contribution in [3.63, 3.8) is 0 Å². The molecule has 0 spiro atoms. The summed E-state index contributed by atoms with van der Waals surface area (Å²) in [4.78, 5) is 0. The van der Waals surface area contributed by atoms with Gasteiger partial charge in [0.2, 0.25) is 0 Å². The van der Waals surface area contributed by atoms with Crippen LogP contribution in [0.3, 0.4) is 0 Å². The van der Waals surface area contributed by atoms with Crippen LogP contribution in [0.5, 0.6) is 5.75 Å². The van der Waals surface area contributed by atoms with Crippen LogP contribution in [-0.4, -0.2) is 43.6 Å². The SMILES string of the molecule is OC(CNCCC1CCCO1)COc1ccc(Cl)cc1Cl. The van der Waals surface area contributed by atoms with Crippen LogP contribution in [0.25, 0.3) is 0 Å². The van der Waals surface area contributed by atoms with E-state index in [9.17, 15) is 5.11 Å². The molecule has 0 aromatic heterocycles. The van der Waals surface area contributed by atoms with Gasteiger partial charge in [0, 0.05) is 18.2 Å². The monoisotopic (exact) mass is 333 g/mol. The number of ether oxygens (including phenoxy) is 2. The lowest BCUT2D eigenvalue weighted by molar-refractivity contribution is 0.0942. The largest absolute Gasteiger partial charge is 0.489 e. The molecule has 2 rings (SSSR count). The highest BCUT2D eigenvalue weighted by atomic mass is 35.5. The van der Waals surface area contributed by atoms with Crippen LogP contribution in [0.1, 0.15) is 19.3 Å². The van der Waals surface area contributed by atoms with E-state index >= 15 is 0 Å². The van der Waals surface area contributed by atoms with Gasteiger partial charge in [-0.15, -0.1) is 0 Å². The highest BCUT2D eigenvalue weighted by Gasteiger charge is 2.15. The lowest BCUT2D eigenvalue weighted by Gasteiger charge is -2.15. The normalized spacial score (nSPS) is 19.7. The third kappa shape index (κ3) is 6.01. The highest BCUT2D eigenvalue weighted by molar-refractivity contribution is 6.35. The summed E-state index contributed by atoms with van der Waals surface area (Å²) < 4.78 is 11.0. The fraction of sp³-hybridized carbons (Fsp3) is 0.600. The first-order valence-electron chi connectivity index (χ1n) is 7.23. The number of nitrogens with one attached hydrogen (secondary N) is 1. The topological polar surface area (TPSA) is 50.7 Å². The predicted molar refractivity (Wildman–Crippen MR) is 84.4 cm³/mol. The molecule has 0 bridgehead atoms. The van der Waals surface area contributed by atoms with Gasteiger partial charge in [-0.3, -0.25) is 0 Å². The van der Waals surface area contributed by atoms with E-state index in [0.29, 0.717) is 28.4 Å². The molecule has 1 aliphatic heterocycles. The highest BCUT2D eigenvalue weighted by Crippen LogP contribution is 2.27. The maximum absolute atomic E-state index is 9.86. The lowest BCUT2D eigenvalue weighted by atomic mass is 10.2. The van der Waals surface area contributed by atoms with Crippen molar-refractivity contribution in [2.24, 2.45) is 0 Å². The number of hydrogen-bond donors (Lipinski definition) is 2. The van der Waals surface area contributed by atoms with Gasteiger partial charge >= 0.3 is 0 Å². The second-order valence-electron chi connectivity index (χ2n) is 5.17. The Morgan fingerprint density at radius 2 is 2.29 bits per heavy atom. The minimum Gasteiger partial charge on any atom is -0.489 e. The van der Waals surface area contributed by atoms with Gasteiger partial charge < -0.3 is 19.9 Å². The molecule has 2 N–H and O–H groups in total. The number of benzene rings is 1. The fourth-order valence-corrected chi connectivity index (χ4v) is 2.70. The van der Waals surface area contributed by atoms with Crippen molar-refractivity contribution in [1.29, 1.82) is 0 Å². The Balaban J connectivity index is 1.59. The van der Waals surface area contributed by atoms with Crippen LogP contribution >= 0.6 is 23.2 Å². The van der Waals surface area contributed by atoms with Crippen molar-refractivity contribution in [2.45, 2.75) is 31.5 Å². The lowest BCUT2D eigenvalue weighted by Crippen LogP contribution is -2.33. The van der Waals surface area contributed by atoms with Gasteiger partial charge in [-0.05, 0) is 44.0 Å². The zero-order valence-electron chi connectivity index (χ0n) is 11.9. The van der Waals surface area contributed by atoms with Crippen molar-refractivity contribution in [2.75, 3.05) is 26.3 Å². The van der Waals surface area contributed by atoms with E-state index in [1.807, 2.05) is 0 Å². The van der Waals surface area contributed by atoms with E-state index in [-0.39, 0.29) is 6.61 Å². The average molecular weight is 334 g/mol. The molecule has 0 radical (unpaired) electrons.